The van der Waals surface area contributed by atoms with Crippen molar-refractivity contribution in [2.24, 2.45) is 0 Å². The van der Waals surface area contributed by atoms with Crippen molar-refractivity contribution >= 4 is 39.6 Å². The molecule has 0 spiro atoms. The Labute approximate surface area is 199 Å². The van der Waals surface area contributed by atoms with Crippen molar-refractivity contribution in [2.75, 3.05) is 6.79 Å². The quantitative estimate of drug-likeness (QED) is 0.0993. The van der Waals surface area contributed by atoms with Crippen LogP contribution in [0.25, 0.3) is 21.2 Å². The molecule has 1 aromatic heterocycles. The van der Waals surface area contributed by atoms with Crippen molar-refractivity contribution in [1.29, 1.82) is 0 Å². The molecule has 1 heterocycles. The third kappa shape index (κ3) is 6.42. The topological polar surface area (TPSA) is 35.5 Å². The Balaban J connectivity index is 1.95. The van der Waals surface area contributed by atoms with Crippen LogP contribution in [-0.2, 0) is 22.1 Å². The first kappa shape index (κ1) is 24.9. The lowest BCUT2D eigenvalue weighted by atomic mass is 9.96. The Kier molecular flexibility index (Phi) is 8.26. The molecule has 0 bridgehead atoms. The highest BCUT2D eigenvalue weighted by Gasteiger charge is 2.34. The molecular weight excluding hydrogens is 469 g/mol. The second-order valence-corrected chi connectivity index (χ2v) is 9.13. The number of hydrogen-bond donors (Lipinski definition) is 0. The van der Waals surface area contributed by atoms with Crippen LogP contribution in [0.15, 0.2) is 55.1 Å². The summed E-state index contributed by atoms with van der Waals surface area (Å²) in [5, 5.41) is 0.735. The van der Waals surface area contributed by atoms with Crippen LogP contribution in [0.4, 0.5) is 13.2 Å². The molecule has 2 aromatic carbocycles. The number of ether oxygens (including phenoxy) is 2. The number of esters is 1. The molecule has 0 saturated heterocycles. The summed E-state index contributed by atoms with van der Waals surface area (Å²) in [6.45, 7) is 5.08. The number of benzene rings is 2. The van der Waals surface area contributed by atoms with Crippen LogP contribution in [0.1, 0.15) is 37.3 Å². The second kappa shape index (κ2) is 10.9. The van der Waals surface area contributed by atoms with Gasteiger partial charge in [0.25, 0.3) is 0 Å². The Morgan fingerprint density at radius 2 is 1.91 bits per heavy atom. The SMILES string of the molecule is C=CC(=O)OCOc1ccc2cc(-c3ccc(CCCCC)cc3C(F)(F)F)c(=S)sc2c1. The number of carbonyl (C=O) groups excluding carboxylic acids is 1. The lowest BCUT2D eigenvalue weighted by Gasteiger charge is -2.15. The molecule has 3 nitrogen and oxygen atoms in total. The van der Waals surface area contributed by atoms with Crippen molar-refractivity contribution in [1.82, 2.24) is 0 Å². The van der Waals surface area contributed by atoms with E-state index in [1.165, 1.54) is 23.5 Å². The van der Waals surface area contributed by atoms with Crippen LogP contribution in [-0.4, -0.2) is 12.8 Å². The van der Waals surface area contributed by atoms with E-state index in [4.69, 9.17) is 21.7 Å². The average molecular weight is 493 g/mol. The van der Waals surface area contributed by atoms with Crippen molar-refractivity contribution < 1.29 is 27.4 Å². The largest absolute Gasteiger partial charge is 0.457 e. The van der Waals surface area contributed by atoms with E-state index in [9.17, 15) is 18.0 Å². The van der Waals surface area contributed by atoms with Gasteiger partial charge in [0.15, 0.2) is 0 Å². The Morgan fingerprint density at radius 3 is 2.61 bits per heavy atom. The maximum atomic E-state index is 13.9. The number of aryl methyl sites for hydroxylation is 1. The van der Waals surface area contributed by atoms with Crippen molar-refractivity contribution in [3.8, 4) is 16.9 Å². The first-order valence-electron chi connectivity index (χ1n) is 10.4. The smallest absolute Gasteiger partial charge is 0.417 e. The molecule has 0 aliphatic carbocycles. The monoisotopic (exact) mass is 492 g/mol. The summed E-state index contributed by atoms with van der Waals surface area (Å²) in [6.07, 6.45) is 0.00254. The molecule has 8 heteroatoms. The molecule has 0 saturated carbocycles. The summed E-state index contributed by atoms with van der Waals surface area (Å²) in [6, 6.07) is 11.3. The highest BCUT2D eigenvalue weighted by molar-refractivity contribution is 7.74. The Hall–Kier alpha value is -2.71. The maximum Gasteiger partial charge on any atom is 0.417 e. The molecule has 3 aromatic rings. The van der Waals surface area contributed by atoms with Crippen LogP contribution in [0.3, 0.4) is 0 Å². The lowest BCUT2D eigenvalue weighted by Crippen LogP contribution is -2.08. The predicted molar refractivity (Wildman–Crippen MR) is 128 cm³/mol. The summed E-state index contributed by atoms with van der Waals surface area (Å²) in [5.74, 6) is -0.155. The number of halogens is 3. The highest BCUT2D eigenvalue weighted by Crippen LogP contribution is 2.40. The second-order valence-electron chi connectivity index (χ2n) is 7.41. The van der Waals surface area contributed by atoms with E-state index in [0.29, 0.717) is 27.1 Å². The number of alkyl halides is 3. The van der Waals surface area contributed by atoms with Crippen LogP contribution in [0.2, 0.25) is 0 Å². The maximum absolute atomic E-state index is 13.9. The molecule has 0 fully saturated rings. The number of hydrogen-bond acceptors (Lipinski definition) is 5. The lowest BCUT2D eigenvalue weighted by molar-refractivity contribution is -0.144. The average Bonchev–Trinajstić information content (AvgIpc) is 2.78. The Bertz CT molecular complexity index is 1220. The zero-order valence-electron chi connectivity index (χ0n) is 18.0. The zero-order chi connectivity index (χ0) is 24.0. The summed E-state index contributed by atoms with van der Waals surface area (Å²) in [5.41, 5.74) is 0.469. The van der Waals surface area contributed by atoms with E-state index in [-0.39, 0.29) is 12.4 Å². The molecule has 174 valence electrons. The van der Waals surface area contributed by atoms with Gasteiger partial charge in [0.1, 0.15) is 5.75 Å². The number of carbonyl (C=O) groups is 1. The number of unbranched alkanes of at least 4 members (excludes halogenated alkanes) is 2. The van der Waals surface area contributed by atoms with E-state index in [0.717, 1.165) is 35.4 Å². The molecule has 0 amide bonds. The Morgan fingerprint density at radius 1 is 1.12 bits per heavy atom. The molecule has 0 atom stereocenters. The number of rotatable bonds is 9. The minimum absolute atomic E-state index is 0.0848. The summed E-state index contributed by atoms with van der Waals surface area (Å²) in [7, 11) is 0. The van der Waals surface area contributed by atoms with Crippen LogP contribution in [0.5, 0.6) is 5.75 Å². The van der Waals surface area contributed by atoms with E-state index in [2.05, 4.69) is 13.5 Å². The van der Waals surface area contributed by atoms with Crippen molar-refractivity contribution in [2.45, 2.75) is 38.8 Å². The first-order chi connectivity index (χ1) is 15.7. The summed E-state index contributed by atoms with van der Waals surface area (Å²) < 4.78 is 53.0. The molecule has 0 unspecified atom stereocenters. The van der Waals surface area contributed by atoms with Gasteiger partial charge in [-0.2, -0.15) is 13.2 Å². The zero-order valence-corrected chi connectivity index (χ0v) is 19.7. The van der Waals surface area contributed by atoms with Crippen LogP contribution in [0, 0.1) is 3.82 Å². The summed E-state index contributed by atoms with van der Waals surface area (Å²) in [4.78, 5) is 11.1. The van der Waals surface area contributed by atoms with Gasteiger partial charge in [0.05, 0.1) is 9.39 Å². The van der Waals surface area contributed by atoms with Gasteiger partial charge < -0.3 is 9.47 Å². The van der Waals surface area contributed by atoms with Gasteiger partial charge in [-0.05, 0) is 59.7 Å². The van der Waals surface area contributed by atoms with Gasteiger partial charge in [-0.25, -0.2) is 4.79 Å². The van der Waals surface area contributed by atoms with Gasteiger partial charge in [-0.3, -0.25) is 0 Å². The summed E-state index contributed by atoms with van der Waals surface area (Å²) >= 11 is 6.68. The normalized spacial score (nSPS) is 11.4. The van der Waals surface area contributed by atoms with Crippen LogP contribution < -0.4 is 4.74 Å². The predicted octanol–water partition coefficient (Wildman–Crippen LogP) is 8.11. The molecular formula is C25H23F3O3S2. The minimum Gasteiger partial charge on any atom is -0.457 e. The molecule has 3 rings (SSSR count). The van der Waals surface area contributed by atoms with Gasteiger partial charge >= 0.3 is 12.1 Å². The van der Waals surface area contributed by atoms with Gasteiger partial charge in [-0.15, -0.1) is 11.3 Å². The van der Waals surface area contributed by atoms with Gasteiger partial charge in [0, 0.05) is 16.3 Å². The van der Waals surface area contributed by atoms with E-state index >= 15 is 0 Å². The van der Waals surface area contributed by atoms with Gasteiger partial charge in [-0.1, -0.05) is 50.7 Å². The molecule has 0 N–H and O–H groups in total. The van der Waals surface area contributed by atoms with Crippen molar-refractivity contribution in [3.63, 3.8) is 0 Å². The van der Waals surface area contributed by atoms with Crippen molar-refractivity contribution in [3.05, 3.63) is 70.1 Å². The van der Waals surface area contributed by atoms with Crippen LogP contribution >= 0.6 is 23.6 Å². The third-order valence-corrected chi connectivity index (χ3v) is 6.50. The van der Waals surface area contributed by atoms with E-state index in [1.807, 2.05) is 0 Å². The van der Waals surface area contributed by atoms with Gasteiger partial charge in [0.2, 0.25) is 6.79 Å². The fourth-order valence-electron chi connectivity index (χ4n) is 3.38. The first-order valence-corrected chi connectivity index (χ1v) is 11.7. The molecule has 0 aliphatic heterocycles. The molecule has 0 aliphatic rings. The standard InChI is InChI=1S/C25H23F3O3S2/c1-3-5-6-7-16-8-11-19(21(12-16)25(26,27)28)20-13-17-9-10-18(14-22(17)33-24(20)32)30-15-31-23(29)4-2/h4,8-14H,2-3,5-7,15H2,1H3. The molecule has 0 radical (unpaired) electrons. The number of fused-ring (bicyclic) bond motifs is 1. The third-order valence-electron chi connectivity index (χ3n) is 5.05. The molecule has 33 heavy (non-hydrogen) atoms. The van der Waals surface area contributed by atoms with E-state index in [1.54, 1.807) is 30.3 Å². The minimum atomic E-state index is -4.49. The van der Waals surface area contributed by atoms with E-state index < -0.39 is 17.7 Å². The fraction of sp³-hybridized carbons (Fsp3) is 0.280. The fourth-order valence-corrected chi connectivity index (χ4v) is 4.72. The highest BCUT2D eigenvalue weighted by atomic mass is 32.1.